The molecule has 0 bridgehead atoms. The summed E-state index contributed by atoms with van der Waals surface area (Å²) in [5.41, 5.74) is 2.70. The number of carbonyl (C=O) groups is 1. The monoisotopic (exact) mass is 315 g/mol. The minimum Gasteiger partial charge on any atom is -0.508 e. The molecule has 2 heterocycles. The van der Waals surface area contributed by atoms with E-state index in [0.29, 0.717) is 11.4 Å². The minimum absolute atomic E-state index is 0.167. The van der Waals surface area contributed by atoms with E-state index in [4.69, 9.17) is 0 Å². The second kappa shape index (κ2) is 5.62. The second-order valence-corrected chi connectivity index (χ2v) is 5.35. The van der Waals surface area contributed by atoms with Gasteiger partial charge >= 0.3 is 0 Å². The van der Waals surface area contributed by atoms with E-state index in [1.54, 1.807) is 47.2 Å². The normalized spacial score (nSPS) is 10.8. The second-order valence-electron chi connectivity index (χ2n) is 5.35. The Morgan fingerprint density at radius 1 is 0.958 bits per heavy atom. The van der Waals surface area contributed by atoms with Crippen LogP contribution in [0.25, 0.3) is 22.4 Å². The maximum atomic E-state index is 13.0. The van der Waals surface area contributed by atoms with Crippen molar-refractivity contribution < 1.29 is 9.90 Å². The Morgan fingerprint density at radius 2 is 1.75 bits per heavy atom. The number of aromatic nitrogens is 3. The van der Waals surface area contributed by atoms with Gasteiger partial charge in [-0.25, -0.2) is 4.98 Å². The molecule has 0 aliphatic rings. The molecular formula is C19H13N3O2. The lowest BCUT2D eigenvalue weighted by Gasteiger charge is -2.08. The van der Waals surface area contributed by atoms with Crippen LogP contribution in [0.5, 0.6) is 5.75 Å². The van der Waals surface area contributed by atoms with Crippen molar-refractivity contribution in [2.45, 2.75) is 0 Å². The van der Waals surface area contributed by atoms with Crippen molar-refractivity contribution in [1.29, 1.82) is 0 Å². The summed E-state index contributed by atoms with van der Waals surface area (Å²) < 4.78 is 1.58. The van der Waals surface area contributed by atoms with Gasteiger partial charge in [0.25, 0.3) is 5.91 Å². The summed E-state index contributed by atoms with van der Waals surface area (Å²) in [6, 6.07) is 17.6. The van der Waals surface area contributed by atoms with Gasteiger partial charge in [-0.1, -0.05) is 12.1 Å². The molecule has 0 amide bonds. The Hall–Kier alpha value is -3.47. The zero-order valence-corrected chi connectivity index (χ0v) is 12.6. The standard InChI is InChI=1S/C19H13N3O2/c23-15-9-7-13(8-10-15)18-21-16-5-1-2-6-17(16)22(18)19(24)14-4-3-11-20-12-14/h1-12,23H. The summed E-state index contributed by atoms with van der Waals surface area (Å²) in [7, 11) is 0. The van der Waals surface area contributed by atoms with Crippen molar-refractivity contribution in [3.8, 4) is 17.1 Å². The quantitative estimate of drug-likeness (QED) is 0.615. The fourth-order valence-electron chi connectivity index (χ4n) is 2.65. The van der Waals surface area contributed by atoms with E-state index >= 15 is 0 Å². The van der Waals surface area contributed by atoms with E-state index < -0.39 is 0 Å². The van der Waals surface area contributed by atoms with Crippen LogP contribution in [0.4, 0.5) is 0 Å². The summed E-state index contributed by atoms with van der Waals surface area (Å²) in [5, 5.41) is 9.50. The summed E-state index contributed by atoms with van der Waals surface area (Å²) in [5.74, 6) is 0.505. The van der Waals surface area contributed by atoms with Crippen LogP contribution in [0.15, 0.2) is 73.1 Å². The molecule has 4 aromatic rings. The maximum absolute atomic E-state index is 13.0. The van der Waals surface area contributed by atoms with Gasteiger partial charge in [-0.2, -0.15) is 0 Å². The van der Waals surface area contributed by atoms with Gasteiger partial charge in [0.15, 0.2) is 0 Å². The summed E-state index contributed by atoms with van der Waals surface area (Å²) >= 11 is 0. The van der Waals surface area contributed by atoms with Crippen LogP contribution in [0, 0.1) is 0 Å². The van der Waals surface area contributed by atoms with Crippen LogP contribution in [0.1, 0.15) is 10.4 Å². The van der Waals surface area contributed by atoms with Gasteiger partial charge in [0.05, 0.1) is 16.6 Å². The van der Waals surface area contributed by atoms with Crippen molar-refractivity contribution in [2.75, 3.05) is 0 Å². The number of hydrogen-bond acceptors (Lipinski definition) is 4. The molecular weight excluding hydrogens is 302 g/mol. The van der Waals surface area contributed by atoms with Crippen LogP contribution in [0.2, 0.25) is 0 Å². The topological polar surface area (TPSA) is 68.0 Å². The van der Waals surface area contributed by atoms with E-state index in [9.17, 15) is 9.90 Å². The number of phenolic OH excluding ortho intramolecular Hbond substituents is 1. The molecule has 0 unspecified atom stereocenters. The molecule has 0 atom stereocenters. The number of pyridine rings is 1. The van der Waals surface area contributed by atoms with E-state index in [0.717, 1.165) is 16.6 Å². The van der Waals surface area contributed by atoms with Crippen molar-refractivity contribution in [1.82, 2.24) is 14.5 Å². The molecule has 24 heavy (non-hydrogen) atoms. The van der Waals surface area contributed by atoms with Crippen LogP contribution in [-0.4, -0.2) is 25.5 Å². The number of nitrogens with zero attached hydrogens (tertiary/aromatic N) is 3. The van der Waals surface area contributed by atoms with Gasteiger partial charge < -0.3 is 5.11 Å². The highest BCUT2D eigenvalue weighted by Gasteiger charge is 2.19. The molecule has 116 valence electrons. The lowest BCUT2D eigenvalue weighted by molar-refractivity contribution is 0.0966. The van der Waals surface area contributed by atoms with Gasteiger partial charge in [0.2, 0.25) is 0 Å². The third kappa shape index (κ3) is 2.32. The van der Waals surface area contributed by atoms with Gasteiger partial charge in [0, 0.05) is 18.0 Å². The molecule has 2 aromatic carbocycles. The molecule has 0 saturated carbocycles. The number of phenols is 1. The number of imidazole rings is 1. The van der Waals surface area contributed by atoms with Crippen LogP contribution in [0.3, 0.4) is 0 Å². The van der Waals surface area contributed by atoms with Crippen LogP contribution in [-0.2, 0) is 0 Å². The average molecular weight is 315 g/mol. The highest BCUT2D eigenvalue weighted by molar-refractivity contribution is 6.03. The van der Waals surface area contributed by atoms with Crippen LogP contribution >= 0.6 is 0 Å². The maximum Gasteiger partial charge on any atom is 0.265 e. The average Bonchev–Trinajstić information content (AvgIpc) is 3.02. The number of rotatable bonds is 2. The summed E-state index contributed by atoms with van der Waals surface area (Å²) in [6.07, 6.45) is 3.17. The van der Waals surface area contributed by atoms with E-state index in [1.807, 2.05) is 24.3 Å². The van der Waals surface area contributed by atoms with Crippen LogP contribution < -0.4 is 0 Å². The van der Waals surface area contributed by atoms with E-state index in [-0.39, 0.29) is 11.7 Å². The van der Waals surface area contributed by atoms with Crippen molar-refractivity contribution in [3.05, 3.63) is 78.6 Å². The third-order valence-electron chi connectivity index (χ3n) is 3.80. The fraction of sp³-hybridized carbons (Fsp3) is 0. The molecule has 1 N–H and O–H groups in total. The Labute approximate surface area is 137 Å². The molecule has 0 radical (unpaired) electrons. The lowest BCUT2D eigenvalue weighted by atomic mass is 10.2. The van der Waals surface area contributed by atoms with Gasteiger partial charge in [0.1, 0.15) is 11.6 Å². The number of hydrogen-bond donors (Lipinski definition) is 1. The SMILES string of the molecule is O=C(c1cccnc1)n1c(-c2ccc(O)cc2)nc2ccccc21. The first kappa shape index (κ1) is 14.1. The number of carbonyl (C=O) groups excluding carboxylic acids is 1. The third-order valence-corrected chi connectivity index (χ3v) is 3.80. The number of fused-ring (bicyclic) bond motifs is 1. The highest BCUT2D eigenvalue weighted by atomic mass is 16.3. The van der Waals surface area contributed by atoms with E-state index in [2.05, 4.69) is 9.97 Å². The van der Waals surface area contributed by atoms with Crippen molar-refractivity contribution >= 4 is 16.9 Å². The van der Waals surface area contributed by atoms with Crippen molar-refractivity contribution in [3.63, 3.8) is 0 Å². The zero-order chi connectivity index (χ0) is 16.5. The molecule has 0 saturated heterocycles. The molecule has 0 aliphatic heterocycles. The molecule has 0 fully saturated rings. The fourth-order valence-corrected chi connectivity index (χ4v) is 2.65. The number of para-hydroxylation sites is 2. The zero-order valence-electron chi connectivity index (χ0n) is 12.6. The largest absolute Gasteiger partial charge is 0.508 e. The Morgan fingerprint density at radius 3 is 2.50 bits per heavy atom. The Bertz CT molecular complexity index is 1020. The van der Waals surface area contributed by atoms with Gasteiger partial charge in [-0.05, 0) is 48.5 Å². The number of benzene rings is 2. The predicted octanol–water partition coefficient (Wildman–Crippen LogP) is 3.49. The minimum atomic E-state index is -0.195. The lowest BCUT2D eigenvalue weighted by Crippen LogP contribution is -2.13. The molecule has 5 nitrogen and oxygen atoms in total. The summed E-state index contributed by atoms with van der Waals surface area (Å²) in [4.78, 5) is 21.6. The first-order valence-electron chi connectivity index (χ1n) is 7.45. The molecule has 5 heteroatoms. The first-order valence-corrected chi connectivity index (χ1v) is 7.45. The molecule has 2 aromatic heterocycles. The van der Waals surface area contributed by atoms with Gasteiger partial charge in [-0.15, -0.1) is 0 Å². The van der Waals surface area contributed by atoms with Crippen molar-refractivity contribution in [2.24, 2.45) is 0 Å². The first-order chi connectivity index (χ1) is 11.7. The molecule has 0 aliphatic carbocycles. The van der Waals surface area contributed by atoms with Gasteiger partial charge in [-0.3, -0.25) is 14.3 Å². The van der Waals surface area contributed by atoms with E-state index in [1.165, 1.54) is 6.20 Å². The molecule has 0 spiro atoms. The highest BCUT2D eigenvalue weighted by Crippen LogP contribution is 2.27. The molecule has 4 rings (SSSR count). The Balaban J connectivity index is 1.97. The predicted molar refractivity (Wildman–Crippen MR) is 90.8 cm³/mol. The smallest absolute Gasteiger partial charge is 0.265 e. The Kier molecular flexibility index (Phi) is 3.31. The number of aromatic hydroxyl groups is 1. The summed E-state index contributed by atoms with van der Waals surface area (Å²) in [6.45, 7) is 0.